The molecule has 1 heterocycles. The summed E-state index contributed by atoms with van der Waals surface area (Å²) in [7, 11) is 0. The summed E-state index contributed by atoms with van der Waals surface area (Å²) in [6.45, 7) is 4.71. The number of hydrogen-bond donors (Lipinski definition) is 2. The molecule has 21 heavy (non-hydrogen) atoms. The van der Waals surface area contributed by atoms with E-state index in [0.717, 1.165) is 30.8 Å². The third-order valence-corrected chi connectivity index (χ3v) is 3.98. The van der Waals surface area contributed by atoms with Gasteiger partial charge in [-0.2, -0.15) is 0 Å². The Hall–Kier alpha value is -1.54. The minimum Gasteiger partial charge on any atom is -0.492 e. The van der Waals surface area contributed by atoms with Crippen LogP contribution >= 0.6 is 0 Å². The van der Waals surface area contributed by atoms with Crippen LogP contribution in [-0.2, 0) is 0 Å². The first-order chi connectivity index (χ1) is 10.2. The van der Waals surface area contributed by atoms with Crippen LogP contribution in [-0.4, -0.2) is 54.1 Å². The molecule has 1 fully saturated rings. The maximum absolute atomic E-state index is 9.42. The van der Waals surface area contributed by atoms with Crippen molar-refractivity contribution in [3.05, 3.63) is 29.8 Å². The summed E-state index contributed by atoms with van der Waals surface area (Å²) in [6, 6.07) is 7.82. The molecule has 0 spiro atoms. The Kier molecular flexibility index (Phi) is 6.06. The number of aliphatic hydroxyl groups is 2. The van der Waals surface area contributed by atoms with E-state index in [2.05, 4.69) is 23.7 Å². The summed E-state index contributed by atoms with van der Waals surface area (Å²) < 4.78 is 5.76. The van der Waals surface area contributed by atoms with Crippen LogP contribution in [0.1, 0.15) is 18.9 Å². The number of rotatable bonds is 5. The number of likely N-dealkylation sites (tertiary alicyclic amines) is 1. The van der Waals surface area contributed by atoms with Gasteiger partial charge in [0.15, 0.2) is 0 Å². The van der Waals surface area contributed by atoms with Gasteiger partial charge in [-0.25, -0.2) is 0 Å². The zero-order valence-electron chi connectivity index (χ0n) is 12.5. The van der Waals surface area contributed by atoms with Crippen LogP contribution in [0.3, 0.4) is 0 Å². The fourth-order valence-corrected chi connectivity index (χ4v) is 2.75. The van der Waals surface area contributed by atoms with Gasteiger partial charge in [0.2, 0.25) is 0 Å². The second-order valence-corrected chi connectivity index (χ2v) is 5.39. The van der Waals surface area contributed by atoms with Crippen LogP contribution in [0.5, 0.6) is 5.75 Å². The SMILES string of the molecule is CC1CCN(CCOc2cccc(C#CCO)c2)C1CO. The molecular weight excluding hydrogens is 266 g/mol. The van der Waals surface area contributed by atoms with Crippen LogP contribution in [0.2, 0.25) is 0 Å². The Morgan fingerprint density at radius 1 is 1.38 bits per heavy atom. The lowest BCUT2D eigenvalue weighted by atomic mass is 10.0. The molecule has 2 N–H and O–H groups in total. The van der Waals surface area contributed by atoms with Gasteiger partial charge in [-0.15, -0.1) is 0 Å². The first-order valence-corrected chi connectivity index (χ1v) is 7.42. The van der Waals surface area contributed by atoms with Crippen molar-refractivity contribution in [3.63, 3.8) is 0 Å². The monoisotopic (exact) mass is 289 g/mol. The van der Waals surface area contributed by atoms with Crippen molar-refractivity contribution in [1.82, 2.24) is 4.90 Å². The smallest absolute Gasteiger partial charge is 0.120 e. The van der Waals surface area contributed by atoms with E-state index in [-0.39, 0.29) is 19.3 Å². The van der Waals surface area contributed by atoms with Crippen molar-refractivity contribution in [2.75, 3.05) is 32.9 Å². The molecule has 114 valence electrons. The highest BCUT2D eigenvalue weighted by Gasteiger charge is 2.29. The van der Waals surface area contributed by atoms with Crippen molar-refractivity contribution in [2.45, 2.75) is 19.4 Å². The lowest BCUT2D eigenvalue weighted by Gasteiger charge is -2.24. The molecule has 0 aromatic heterocycles. The van der Waals surface area contributed by atoms with Crippen molar-refractivity contribution < 1.29 is 14.9 Å². The maximum atomic E-state index is 9.42. The number of nitrogens with zero attached hydrogens (tertiary/aromatic N) is 1. The van der Waals surface area contributed by atoms with Crippen LogP contribution in [0.4, 0.5) is 0 Å². The largest absolute Gasteiger partial charge is 0.492 e. The van der Waals surface area contributed by atoms with Gasteiger partial charge >= 0.3 is 0 Å². The molecule has 0 amide bonds. The van der Waals surface area contributed by atoms with Crippen molar-refractivity contribution in [3.8, 4) is 17.6 Å². The van der Waals surface area contributed by atoms with E-state index < -0.39 is 0 Å². The molecule has 2 rings (SSSR count). The predicted molar refractivity (Wildman–Crippen MR) is 82.1 cm³/mol. The Balaban J connectivity index is 1.83. The second kappa shape index (κ2) is 8.04. The first-order valence-electron chi connectivity index (χ1n) is 7.42. The lowest BCUT2D eigenvalue weighted by molar-refractivity contribution is 0.123. The summed E-state index contributed by atoms with van der Waals surface area (Å²) >= 11 is 0. The maximum Gasteiger partial charge on any atom is 0.120 e. The molecule has 0 aliphatic carbocycles. The van der Waals surface area contributed by atoms with Gasteiger partial charge in [0.1, 0.15) is 19.0 Å². The number of ether oxygens (including phenoxy) is 1. The molecule has 1 aliphatic rings. The van der Waals surface area contributed by atoms with E-state index in [4.69, 9.17) is 9.84 Å². The molecule has 0 saturated carbocycles. The van der Waals surface area contributed by atoms with E-state index >= 15 is 0 Å². The fraction of sp³-hybridized carbons (Fsp3) is 0.529. The Morgan fingerprint density at radius 3 is 3.00 bits per heavy atom. The highest BCUT2D eigenvalue weighted by molar-refractivity contribution is 5.39. The molecule has 4 nitrogen and oxygen atoms in total. The second-order valence-electron chi connectivity index (χ2n) is 5.39. The fourth-order valence-electron chi connectivity index (χ4n) is 2.75. The molecule has 1 aromatic carbocycles. The molecule has 1 aromatic rings. The number of hydrogen-bond acceptors (Lipinski definition) is 4. The predicted octanol–water partition coefficient (Wildman–Crippen LogP) is 1.11. The third-order valence-electron chi connectivity index (χ3n) is 3.98. The van der Waals surface area contributed by atoms with Gasteiger partial charge in [0, 0.05) is 18.2 Å². The molecule has 2 atom stereocenters. The molecule has 1 saturated heterocycles. The Labute approximate surface area is 126 Å². The van der Waals surface area contributed by atoms with Crippen molar-refractivity contribution in [2.24, 2.45) is 5.92 Å². The number of benzene rings is 1. The van der Waals surface area contributed by atoms with Gasteiger partial charge in [-0.3, -0.25) is 4.90 Å². The zero-order valence-corrected chi connectivity index (χ0v) is 12.5. The Morgan fingerprint density at radius 2 is 2.24 bits per heavy atom. The highest BCUT2D eigenvalue weighted by Crippen LogP contribution is 2.23. The van der Waals surface area contributed by atoms with Crippen molar-refractivity contribution in [1.29, 1.82) is 0 Å². The summed E-state index contributed by atoms with van der Waals surface area (Å²) in [5, 5.41) is 18.1. The normalized spacial score (nSPS) is 21.9. The number of aliphatic hydroxyl groups excluding tert-OH is 2. The van der Waals surface area contributed by atoms with Crippen LogP contribution < -0.4 is 4.74 Å². The van der Waals surface area contributed by atoms with Crippen LogP contribution in [0.15, 0.2) is 24.3 Å². The molecule has 2 unspecified atom stereocenters. The first kappa shape index (κ1) is 15.8. The van der Waals surface area contributed by atoms with Crippen LogP contribution in [0, 0.1) is 17.8 Å². The topological polar surface area (TPSA) is 52.9 Å². The molecule has 0 bridgehead atoms. The van der Waals surface area contributed by atoms with Crippen molar-refractivity contribution >= 4 is 0 Å². The molecular formula is C17H23NO3. The summed E-state index contributed by atoms with van der Waals surface area (Å²) in [6.07, 6.45) is 1.14. The standard InChI is InChI=1S/C17H23NO3/c1-14-7-8-18(17(14)13-20)9-11-21-16-6-2-4-15(12-16)5-3-10-19/h2,4,6,12,14,17,19-20H,7-11,13H2,1H3. The van der Waals surface area contributed by atoms with E-state index in [0.29, 0.717) is 12.5 Å². The Bertz CT molecular complexity index is 506. The summed E-state index contributed by atoms with van der Waals surface area (Å²) in [4.78, 5) is 2.29. The van der Waals surface area contributed by atoms with Gasteiger partial charge in [-0.1, -0.05) is 24.8 Å². The van der Waals surface area contributed by atoms with E-state index in [1.165, 1.54) is 0 Å². The third kappa shape index (κ3) is 4.47. The minimum atomic E-state index is -0.138. The van der Waals surface area contributed by atoms with E-state index in [1.807, 2.05) is 24.3 Å². The minimum absolute atomic E-state index is 0.138. The van der Waals surface area contributed by atoms with E-state index in [1.54, 1.807) is 0 Å². The van der Waals surface area contributed by atoms with Gasteiger partial charge in [-0.05, 0) is 37.1 Å². The van der Waals surface area contributed by atoms with Gasteiger partial charge in [0.25, 0.3) is 0 Å². The quantitative estimate of drug-likeness (QED) is 0.798. The average molecular weight is 289 g/mol. The lowest BCUT2D eigenvalue weighted by Crippen LogP contribution is -2.37. The van der Waals surface area contributed by atoms with Crippen LogP contribution in [0.25, 0.3) is 0 Å². The summed E-state index contributed by atoms with van der Waals surface area (Å²) in [5.41, 5.74) is 0.838. The molecule has 1 aliphatic heterocycles. The van der Waals surface area contributed by atoms with Gasteiger partial charge in [0.05, 0.1) is 6.61 Å². The highest BCUT2D eigenvalue weighted by atomic mass is 16.5. The van der Waals surface area contributed by atoms with E-state index in [9.17, 15) is 5.11 Å². The summed E-state index contributed by atoms with van der Waals surface area (Å²) in [5.74, 6) is 6.82. The average Bonchev–Trinajstić information content (AvgIpc) is 2.86. The molecule has 0 radical (unpaired) electrons. The molecule has 4 heteroatoms. The van der Waals surface area contributed by atoms with Gasteiger partial charge < -0.3 is 14.9 Å². The zero-order chi connectivity index (χ0) is 15.1.